The van der Waals surface area contributed by atoms with Crippen molar-refractivity contribution in [3.8, 4) is 0 Å². The van der Waals surface area contributed by atoms with E-state index in [1.54, 1.807) is 0 Å². The first-order valence-corrected chi connectivity index (χ1v) is 8.09. The van der Waals surface area contributed by atoms with Gasteiger partial charge < -0.3 is 15.4 Å². The topological polar surface area (TPSA) is 45.7 Å². The molecule has 2 saturated heterocycles. The summed E-state index contributed by atoms with van der Waals surface area (Å²) in [5, 5.41) is 7.25. The minimum absolute atomic E-state index is 0. The summed E-state index contributed by atoms with van der Waals surface area (Å²) in [6.45, 7) is 12.2. The van der Waals surface area contributed by atoms with Gasteiger partial charge in [0, 0.05) is 12.6 Å². The minimum Gasteiger partial charge on any atom is -0.373 e. The average Bonchev–Trinajstić information content (AvgIpc) is 2.84. The van der Waals surface area contributed by atoms with Crippen LogP contribution in [0.3, 0.4) is 0 Å². The lowest BCUT2D eigenvalue weighted by atomic mass is 9.96. The van der Waals surface area contributed by atoms with Crippen LogP contribution in [0, 0.1) is 10.8 Å². The standard InChI is InChI=1S/C16H29N3O.HI/c1-6-17-14(19-13-15(2,3)16(13,4)5)18-11-9-10-7-8-12(11)20-10;/h10-13H,6-9H2,1-5H3,(H2,17,18,19);1H. The van der Waals surface area contributed by atoms with Gasteiger partial charge in [-0.05, 0) is 37.0 Å². The third-order valence-corrected chi connectivity index (χ3v) is 6.05. The Hall–Kier alpha value is -0.0400. The van der Waals surface area contributed by atoms with E-state index in [1.807, 2.05) is 0 Å². The van der Waals surface area contributed by atoms with Crippen molar-refractivity contribution < 1.29 is 4.74 Å². The largest absolute Gasteiger partial charge is 0.373 e. The molecule has 0 aromatic carbocycles. The van der Waals surface area contributed by atoms with Gasteiger partial charge in [0.05, 0.1) is 18.2 Å². The molecule has 2 bridgehead atoms. The molecule has 0 aromatic heterocycles. The molecule has 0 spiro atoms. The van der Waals surface area contributed by atoms with Crippen LogP contribution < -0.4 is 10.6 Å². The number of nitrogens with zero attached hydrogens (tertiary/aromatic N) is 1. The van der Waals surface area contributed by atoms with Crippen molar-refractivity contribution in [3.05, 3.63) is 0 Å². The highest BCUT2D eigenvalue weighted by Gasteiger charge is 2.65. The van der Waals surface area contributed by atoms with Gasteiger partial charge in [-0.1, -0.05) is 27.7 Å². The quantitative estimate of drug-likeness (QED) is 0.430. The summed E-state index contributed by atoms with van der Waals surface area (Å²) in [4.78, 5) is 4.62. The Kier molecular flexibility index (Phi) is 4.84. The fraction of sp³-hybridized carbons (Fsp3) is 0.938. The molecule has 3 aliphatic rings. The second kappa shape index (κ2) is 5.87. The molecule has 1 saturated carbocycles. The zero-order chi connectivity index (χ0) is 14.5. The van der Waals surface area contributed by atoms with Crippen molar-refractivity contribution in [2.75, 3.05) is 6.54 Å². The lowest BCUT2D eigenvalue weighted by Crippen LogP contribution is -2.49. The lowest BCUT2D eigenvalue weighted by Gasteiger charge is -2.23. The maximum absolute atomic E-state index is 5.92. The molecule has 2 aliphatic heterocycles. The first-order valence-electron chi connectivity index (χ1n) is 8.09. The van der Waals surface area contributed by atoms with Gasteiger partial charge >= 0.3 is 0 Å². The van der Waals surface area contributed by atoms with Crippen molar-refractivity contribution in [2.24, 2.45) is 15.8 Å². The first-order chi connectivity index (χ1) is 9.36. The summed E-state index contributed by atoms with van der Waals surface area (Å²) >= 11 is 0. The summed E-state index contributed by atoms with van der Waals surface area (Å²) in [5.41, 5.74) is 0.656. The Labute approximate surface area is 145 Å². The molecule has 3 unspecified atom stereocenters. The Morgan fingerprint density at radius 2 is 1.81 bits per heavy atom. The molecule has 5 heteroatoms. The lowest BCUT2D eigenvalue weighted by molar-refractivity contribution is 0.0992. The summed E-state index contributed by atoms with van der Waals surface area (Å²) in [5.74, 6) is 0.970. The van der Waals surface area contributed by atoms with Crippen LogP contribution in [-0.2, 0) is 4.74 Å². The Bertz CT molecular complexity index is 408. The molecular formula is C16H30IN3O. The van der Waals surface area contributed by atoms with E-state index in [0.717, 1.165) is 18.9 Å². The van der Waals surface area contributed by atoms with Crippen molar-refractivity contribution in [3.63, 3.8) is 0 Å². The summed E-state index contributed by atoms with van der Waals surface area (Å²) < 4.78 is 5.92. The molecule has 0 aromatic rings. The molecule has 2 heterocycles. The maximum atomic E-state index is 5.92. The summed E-state index contributed by atoms with van der Waals surface area (Å²) in [6.07, 6.45) is 4.44. The maximum Gasteiger partial charge on any atom is 0.191 e. The molecule has 1 aliphatic carbocycles. The predicted octanol–water partition coefficient (Wildman–Crippen LogP) is 2.91. The van der Waals surface area contributed by atoms with Gasteiger partial charge in [-0.3, -0.25) is 4.99 Å². The smallest absolute Gasteiger partial charge is 0.191 e. The monoisotopic (exact) mass is 407 g/mol. The molecule has 3 rings (SSSR count). The van der Waals surface area contributed by atoms with E-state index in [0.29, 0.717) is 35.1 Å². The van der Waals surface area contributed by atoms with Crippen LogP contribution in [0.15, 0.2) is 4.99 Å². The van der Waals surface area contributed by atoms with Crippen LogP contribution in [0.5, 0.6) is 0 Å². The number of hydrogen-bond donors (Lipinski definition) is 2. The van der Waals surface area contributed by atoms with Gasteiger partial charge in [-0.2, -0.15) is 0 Å². The van der Waals surface area contributed by atoms with Gasteiger partial charge in [-0.25, -0.2) is 0 Å². The van der Waals surface area contributed by atoms with Gasteiger partial charge in [0.25, 0.3) is 0 Å². The minimum atomic E-state index is 0. The van der Waals surface area contributed by atoms with Gasteiger partial charge in [-0.15, -0.1) is 24.0 Å². The van der Waals surface area contributed by atoms with Crippen molar-refractivity contribution in [1.82, 2.24) is 10.6 Å². The Morgan fingerprint density at radius 1 is 1.14 bits per heavy atom. The van der Waals surface area contributed by atoms with Crippen LogP contribution in [0.2, 0.25) is 0 Å². The number of halogens is 1. The van der Waals surface area contributed by atoms with E-state index >= 15 is 0 Å². The third kappa shape index (κ3) is 2.92. The van der Waals surface area contributed by atoms with E-state index in [2.05, 4.69) is 50.2 Å². The SMILES string of the molecule is CCN=C(NC1CC2CCC1O2)NC1C(C)(C)C1(C)C.I. The number of ether oxygens (including phenoxy) is 1. The van der Waals surface area contributed by atoms with Crippen molar-refractivity contribution in [1.29, 1.82) is 0 Å². The molecule has 0 radical (unpaired) electrons. The van der Waals surface area contributed by atoms with E-state index < -0.39 is 0 Å². The highest BCUT2D eigenvalue weighted by atomic mass is 127. The molecular weight excluding hydrogens is 377 g/mol. The van der Waals surface area contributed by atoms with Crippen LogP contribution in [0.1, 0.15) is 53.9 Å². The third-order valence-electron chi connectivity index (χ3n) is 6.05. The van der Waals surface area contributed by atoms with E-state index in [9.17, 15) is 0 Å². The van der Waals surface area contributed by atoms with Crippen LogP contribution >= 0.6 is 24.0 Å². The fourth-order valence-corrected chi connectivity index (χ4v) is 3.95. The van der Waals surface area contributed by atoms with E-state index in [-0.39, 0.29) is 24.0 Å². The van der Waals surface area contributed by atoms with E-state index in [1.165, 1.54) is 12.8 Å². The van der Waals surface area contributed by atoms with E-state index in [4.69, 9.17) is 4.74 Å². The predicted molar refractivity (Wildman–Crippen MR) is 97.3 cm³/mol. The number of nitrogens with one attached hydrogen (secondary N) is 2. The number of aliphatic imine (C=N–C) groups is 1. The van der Waals surface area contributed by atoms with Crippen molar-refractivity contribution in [2.45, 2.75) is 78.2 Å². The van der Waals surface area contributed by atoms with Crippen LogP contribution in [0.25, 0.3) is 0 Å². The molecule has 4 nitrogen and oxygen atoms in total. The molecule has 3 fully saturated rings. The molecule has 0 amide bonds. The van der Waals surface area contributed by atoms with Gasteiger partial charge in [0.1, 0.15) is 0 Å². The highest BCUT2D eigenvalue weighted by Crippen LogP contribution is 2.62. The molecule has 21 heavy (non-hydrogen) atoms. The van der Waals surface area contributed by atoms with Crippen molar-refractivity contribution >= 4 is 29.9 Å². The Balaban J connectivity index is 0.00000161. The molecule has 3 atom stereocenters. The second-order valence-electron chi connectivity index (χ2n) is 7.70. The summed E-state index contributed by atoms with van der Waals surface area (Å²) in [7, 11) is 0. The zero-order valence-corrected chi connectivity index (χ0v) is 16.2. The zero-order valence-electron chi connectivity index (χ0n) is 13.9. The molecule has 2 N–H and O–H groups in total. The van der Waals surface area contributed by atoms with Crippen LogP contribution in [0.4, 0.5) is 0 Å². The normalized spacial score (nSPS) is 36.2. The number of rotatable bonds is 3. The molecule has 122 valence electrons. The Morgan fingerprint density at radius 3 is 2.24 bits per heavy atom. The number of fused-ring (bicyclic) bond motifs is 2. The van der Waals surface area contributed by atoms with Crippen LogP contribution in [-0.4, -0.2) is 36.8 Å². The first kappa shape index (κ1) is 17.3. The van der Waals surface area contributed by atoms with Gasteiger partial charge in [0.2, 0.25) is 0 Å². The average molecular weight is 407 g/mol. The highest BCUT2D eigenvalue weighted by molar-refractivity contribution is 14.0. The summed E-state index contributed by atoms with van der Waals surface area (Å²) in [6, 6.07) is 0.934. The second-order valence-corrected chi connectivity index (χ2v) is 7.70. The van der Waals surface area contributed by atoms with Gasteiger partial charge in [0.15, 0.2) is 5.96 Å². The fourth-order valence-electron chi connectivity index (χ4n) is 3.95. The number of guanidine groups is 1. The number of hydrogen-bond acceptors (Lipinski definition) is 2.